The van der Waals surface area contributed by atoms with Crippen molar-refractivity contribution in [2.75, 3.05) is 10.6 Å². The standard InChI is InChI=1S/C16H24N2O/c1-2-6-16(19)18-15-11-9-14(10-12-15)17-13-7-4-3-5-8-13/h9-13,17H,2-8H2,1H3,(H,18,19). The highest BCUT2D eigenvalue weighted by Crippen LogP contribution is 2.22. The van der Waals surface area contributed by atoms with E-state index in [9.17, 15) is 4.79 Å². The second-order valence-electron chi connectivity index (χ2n) is 5.35. The van der Waals surface area contributed by atoms with Gasteiger partial charge in [-0.3, -0.25) is 4.79 Å². The third-order valence-corrected chi connectivity index (χ3v) is 3.62. The van der Waals surface area contributed by atoms with Crippen molar-refractivity contribution in [3.05, 3.63) is 24.3 Å². The number of nitrogens with one attached hydrogen (secondary N) is 2. The lowest BCUT2D eigenvalue weighted by molar-refractivity contribution is -0.116. The monoisotopic (exact) mass is 260 g/mol. The van der Waals surface area contributed by atoms with E-state index in [1.807, 2.05) is 19.1 Å². The molecule has 0 saturated heterocycles. The van der Waals surface area contributed by atoms with Crippen molar-refractivity contribution in [2.45, 2.75) is 57.9 Å². The average molecular weight is 260 g/mol. The van der Waals surface area contributed by atoms with Crippen molar-refractivity contribution in [1.29, 1.82) is 0 Å². The maximum Gasteiger partial charge on any atom is 0.224 e. The molecule has 0 aromatic heterocycles. The highest BCUT2D eigenvalue weighted by Gasteiger charge is 2.12. The number of carbonyl (C=O) groups excluding carboxylic acids is 1. The first-order valence-corrected chi connectivity index (χ1v) is 7.44. The van der Waals surface area contributed by atoms with Crippen molar-refractivity contribution in [2.24, 2.45) is 0 Å². The van der Waals surface area contributed by atoms with E-state index < -0.39 is 0 Å². The van der Waals surface area contributed by atoms with Crippen molar-refractivity contribution in [3.8, 4) is 0 Å². The molecule has 3 heteroatoms. The molecule has 3 nitrogen and oxygen atoms in total. The summed E-state index contributed by atoms with van der Waals surface area (Å²) in [6, 6.07) is 8.67. The molecule has 0 aliphatic heterocycles. The highest BCUT2D eigenvalue weighted by molar-refractivity contribution is 5.90. The van der Waals surface area contributed by atoms with E-state index in [2.05, 4.69) is 22.8 Å². The molecule has 2 rings (SSSR count). The van der Waals surface area contributed by atoms with Crippen molar-refractivity contribution in [1.82, 2.24) is 0 Å². The maximum atomic E-state index is 11.5. The third-order valence-electron chi connectivity index (χ3n) is 3.62. The zero-order valence-electron chi connectivity index (χ0n) is 11.7. The number of hydrogen-bond donors (Lipinski definition) is 2. The first-order chi connectivity index (χ1) is 9.28. The van der Waals surface area contributed by atoms with Gasteiger partial charge in [-0.2, -0.15) is 0 Å². The molecular formula is C16H24N2O. The van der Waals surface area contributed by atoms with Crippen LogP contribution in [0.2, 0.25) is 0 Å². The molecule has 0 bridgehead atoms. The van der Waals surface area contributed by atoms with Crippen LogP contribution in [0.5, 0.6) is 0 Å². The molecule has 1 saturated carbocycles. The molecule has 1 aromatic carbocycles. The molecule has 1 fully saturated rings. The second kappa shape index (κ2) is 7.17. The van der Waals surface area contributed by atoms with E-state index in [0.717, 1.165) is 17.8 Å². The van der Waals surface area contributed by atoms with Gasteiger partial charge in [0.15, 0.2) is 0 Å². The Labute approximate surface area is 115 Å². The average Bonchev–Trinajstić information content (AvgIpc) is 2.42. The van der Waals surface area contributed by atoms with Crippen LogP contribution in [0, 0.1) is 0 Å². The van der Waals surface area contributed by atoms with Crippen LogP contribution in [0.25, 0.3) is 0 Å². The molecule has 1 aliphatic carbocycles. The fraction of sp³-hybridized carbons (Fsp3) is 0.562. The minimum Gasteiger partial charge on any atom is -0.382 e. The SMILES string of the molecule is CCCC(=O)Nc1ccc(NC2CCCCC2)cc1. The topological polar surface area (TPSA) is 41.1 Å². The Hall–Kier alpha value is -1.51. The van der Waals surface area contributed by atoms with Crippen molar-refractivity contribution in [3.63, 3.8) is 0 Å². The van der Waals surface area contributed by atoms with Gasteiger partial charge in [-0.05, 0) is 43.5 Å². The number of rotatable bonds is 5. The lowest BCUT2D eigenvalue weighted by Crippen LogP contribution is -2.22. The van der Waals surface area contributed by atoms with Crippen LogP contribution < -0.4 is 10.6 Å². The van der Waals surface area contributed by atoms with Crippen LogP contribution in [0.1, 0.15) is 51.9 Å². The Morgan fingerprint density at radius 3 is 2.37 bits per heavy atom. The Morgan fingerprint density at radius 1 is 1.11 bits per heavy atom. The minimum atomic E-state index is 0.0930. The largest absolute Gasteiger partial charge is 0.382 e. The number of amides is 1. The van der Waals surface area contributed by atoms with E-state index in [0.29, 0.717) is 12.5 Å². The predicted octanol–water partition coefficient (Wildman–Crippen LogP) is 4.17. The number of carbonyl (C=O) groups is 1. The predicted molar refractivity (Wildman–Crippen MR) is 80.5 cm³/mol. The van der Waals surface area contributed by atoms with Gasteiger partial charge in [0.25, 0.3) is 0 Å². The first-order valence-electron chi connectivity index (χ1n) is 7.44. The van der Waals surface area contributed by atoms with E-state index in [1.165, 1.54) is 32.1 Å². The molecule has 0 radical (unpaired) electrons. The summed E-state index contributed by atoms with van der Waals surface area (Å²) in [5, 5.41) is 6.48. The number of benzene rings is 1. The van der Waals surface area contributed by atoms with Crippen LogP contribution in [0.3, 0.4) is 0 Å². The summed E-state index contributed by atoms with van der Waals surface area (Å²) in [4.78, 5) is 11.5. The molecule has 19 heavy (non-hydrogen) atoms. The fourth-order valence-electron chi connectivity index (χ4n) is 2.58. The molecule has 104 valence electrons. The van der Waals surface area contributed by atoms with Crippen LogP contribution in [-0.2, 0) is 4.79 Å². The molecule has 1 amide bonds. The third kappa shape index (κ3) is 4.58. The minimum absolute atomic E-state index is 0.0930. The highest BCUT2D eigenvalue weighted by atomic mass is 16.1. The second-order valence-corrected chi connectivity index (χ2v) is 5.35. The van der Waals surface area contributed by atoms with Crippen LogP contribution in [0.15, 0.2) is 24.3 Å². The molecule has 0 heterocycles. The lowest BCUT2D eigenvalue weighted by atomic mass is 9.95. The van der Waals surface area contributed by atoms with Crippen LogP contribution in [-0.4, -0.2) is 11.9 Å². The van der Waals surface area contributed by atoms with Gasteiger partial charge in [0, 0.05) is 23.8 Å². The fourth-order valence-corrected chi connectivity index (χ4v) is 2.58. The molecule has 0 unspecified atom stereocenters. The quantitative estimate of drug-likeness (QED) is 0.834. The van der Waals surface area contributed by atoms with Gasteiger partial charge in [0.1, 0.15) is 0 Å². The van der Waals surface area contributed by atoms with Gasteiger partial charge < -0.3 is 10.6 Å². The Bertz CT molecular complexity index is 394. The Kier molecular flexibility index (Phi) is 5.25. The summed E-state index contributed by atoms with van der Waals surface area (Å²) in [7, 11) is 0. The van der Waals surface area contributed by atoms with Gasteiger partial charge in [0.2, 0.25) is 5.91 Å². The van der Waals surface area contributed by atoms with Gasteiger partial charge in [0.05, 0.1) is 0 Å². The molecule has 2 N–H and O–H groups in total. The van der Waals surface area contributed by atoms with Crippen LogP contribution in [0.4, 0.5) is 11.4 Å². The van der Waals surface area contributed by atoms with Gasteiger partial charge in [-0.1, -0.05) is 26.2 Å². The Balaban J connectivity index is 1.85. The van der Waals surface area contributed by atoms with E-state index in [-0.39, 0.29) is 5.91 Å². The first kappa shape index (κ1) is 13.9. The van der Waals surface area contributed by atoms with Crippen molar-refractivity contribution >= 4 is 17.3 Å². The molecule has 1 aromatic rings. The zero-order valence-corrected chi connectivity index (χ0v) is 11.7. The number of hydrogen-bond acceptors (Lipinski definition) is 2. The smallest absolute Gasteiger partial charge is 0.224 e. The van der Waals surface area contributed by atoms with Gasteiger partial charge in [-0.15, -0.1) is 0 Å². The van der Waals surface area contributed by atoms with E-state index in [1.54, 1.807) is 0 Å². The normalized spacial score (nSPS) is 16.1. The summed E-state index contributed by atoms with van der Waals surface area (Å²) in [6.07, 6.45) is 8.06. The molecule has 1 aliphatic rings. The summed E-state index contributed by atoms with van der Waals surface area (Å²) in [5.74, 6) is 0.0930. The van der Waals surface area contributed by atoms with Crippen LogP contribution >= 0.6 is 0 Å². The van der Waals surface area contributed by atoms with E-state index >= 15 is 0 Å². The van der Waals surface area contributed by atoms with Crippen molar-refractivity contribution < 1.29 is 4.79 Å². The summed E-state index contributed by atoms with van der Waals surface area (Å²) >= 11 is 0. The maximum absolute atomic E-state index is 11.5. The molecular weight excluding hydrogens is 236 g/mol. The summed E-state index contributed by atoms with van der Waals surface area (Å²) in [5.41, 5.74) is 2.04. The van der Waals surface area contributed by atoms with Gasteiger partial charge >= 0.3 is 0 Å². The summed E-state index contributed by atoms with van der Waals surface area (Å²) in [6.45, 7) is 2.01. The van der Waals surface area contributed by atoms with Gasteiger partial charge in [-0.25, -0.2) is 0 Å². The van der Waals surface area contributed by atoms with E-state index in [4.69, 9.17) is 0 Å². The Morgan fingerprint density at radius 2 is 1.74 bits per heavy atom. The summed E-state index contributed by atoms with van der Waals surface area (Å²) < 4.78 is 0. The zero-order chi connectivity index (χ0) is 13.5. The number of anilines is 2. The molecule has 0 atom stereocenters. The lowest BCUT2D eigenvalue weighted by Gasteiger charge is -2.23. The molecule has 0 spiro atoms.